The maximum absolute atomic E-state index is 4.59. The molecule has 0 spiro atoms. The molecule has 0 amide bonds. The van der Waals surface area contributed by atoms with Gasteiger partial charge in [-0.25, -0.2) is 0 Å². The Morgan fingerprint density at radius 2 is 1.80 bits per heavy atom. The molecule has 2 heteroatoms. The molecule has 1 fully saturated rings. The largest absolute Gasteiger partial charge is 0.299 e. The number of pyridine rings is 1. The number of likely N-dealkylation sites (tertiary alicyclic amines) is 1. The Balaban J connectivity index is 1.55. The summed E-state index contributed by atoms with van der Waals surface area (Å²) in [6.07, 6.45) is 4.44. The molecular weight excluding hydrogens is 244 g/mol. The van der Waals surface area contributed by atoms with E-state index < -0.39 is 0 Å². The van der Waals surface area contributed by atoms with E-state index in [1.165, 1.54) is 42.8 Å². The first-order valence-electron chi connectivity index (χ1n) is 7.50. The zero-order valence-corrected chi connectivity index (χ0v) is 12.1. The molecule has 2 heterocycles. The maximum atomic E-state index is 4.59. The van der Waals surface area contributed by atoms with Crippen molar-refractivity contribution in [2.24, 2.45) is 0 Å². The molecule has 0 bridgehead atoms. The van der Waals surface area contributed by atoms with E-state index in [0.717, 1.165) is 6.54 Å². The first-order valence-corrected chi connectivity index (χ1v) is 7.50. The van der Waals surface area contributed by atoms with Gasteiger partial charge in [-0.1, -0.05) is 36.4 Å². The second kappa shape index (κ2) is 6.19. The summed E-state index contributed by atoms with van der Waals surface area (Å²) >= 11 is 0. The van der Waals surface area contributed by atoms with E-state index in [1.54, 1.807) is 0 Å². The number of benzene rings is 1. The number of hydrogen-bond acceptors (Lipinski definition) is 2. The standard InChI is InChI=1S/C18H22N2/c1-15-7-8-18(19-13-15)17-9-11-20(12-10-17)14-16-5-3-2-4-6-16/h2-8,13,17H,9-12,14H2,1H3. The molecule has 0 aliphatic carbocycles. The topological polar surface area (TPSA) is 16.1 Å². The van der Waals surface area contributed by atoms with Gasteiger partial charge in [-0.15, -0.1) is 0 Å². The van der Waals surface area contributed by atoms with Gasteiger partial charge in [0.15, 0.2) is 0 Å². The zero-order chi connectivity index (χ0) is 13.8. The summed E-state index contributed by atoms with van der Waals surface area (Å²) in [5, 5.41) is 0. The normalized spacial score (nSPS) is 17.2. The molecule has 2 nitrogen and oxygen atoms in total. The summed E-state index contributed by atoms with van der Waals surface area (Å²) < 4.78 is 0. The Labute approximate surface area is 121 Å². The lowest BCUT2D eigenvalue weighted by molar-refractivity contribution is 0.203. The average molecular weight is 266 g/mol. The van der Waals surface area contributed by atoms with Crippen molar-refractivity contribution >= 4 is 0 Å². The fraction of sp³-hybridized carbons (Fsp3) is 0.389. The van der Waals surface area contributed by atoms with Gasteiger partial charge in [-0.05, 0) is 50.0 Å². The Morgan fingerprint density at radius 3 is 2.45 bits per heavy atom. The van der Waals surface area contributed by atoms with Crippen LogP contribution in [0.5, 0.6) is 0 Å². The van der Waals surface area contributed by atoms with Crippen LogP contribution in [0.15, 0.2) is 48.7 Å². The van der Waals surface area contributed by atoms with Crippen molar-refractivity contribution in [1.29, 1.82) is 0 Å². The van der Waals surface area contributed by atoms with Gasteiger partial charge < -0.3 is 0 Å². The Morgan fingerprint density at radius 1 is 1.05 bits per heavy atom. The van der Waals surface area contributed by atoms with Crippen LogP contribution in [0.4, 0.5) is 0 Å². The molecule has 0 atom stereocenters. The van der Waals surface area contributed by atoms with E-state index in [0.29, 0.717) is 5.92 Å². The van der Waals surface area contributed by atoms with Crippen LogP contribution in [0.3, 0.4) is 0 Å². The summed E-state index contributed by atoms with van der Waals surface area (Å²) in [5.74, 6) is 0.641. The van der Waals surface area contributed by atoms with Gasteiger partial charge in [0.05, 0.1) is 0 Å². The summed E-state index contributed by atoms with van der Waals surface area (Å²) in [6, 6.07) is 15.1. The van der Waals surface area contributed by atoms with Gasteiger partial charge in [0, 0.05) is 24.4 Å². The van der Waals surface area contributed by atoms with Crippen molar-refractivity contribution in [3.05, 3.63) is 65.5 Å². The Hall–Kier alpha value is -1.67. The molecule has 1 aromatic heterocycles. The lowest BCUT2D eigenvalue weighted by Crippen LogP contribution is -2.32. The van der Waals surface area contributed by atoms with Crippen LogP contribution in [-0.4, -0.2) is 23.0 Å². The Bertz CT molecular complexity index is 525. The quantitative estimate of drug-likeness (QED) is 0.840. The first kappa shape index (κ1) is 13.3. The highest BCUT2D eigenvalue weighted by Crippen LogP contribution is 2.27. The molecule has 0 saturated carbocycles. The molecule has 1 aliphatic heterocycles. The summed E-state index contributed by atoms with van der Waals surface area (Å²) in [5.41, 5.74) is 3.93. The second-order valence-electron chi connectivity index (χ2n) is 5.80. The van der Waals surface area contributed by atoms with E-state index in [1.807, 2.05) is 6.20 Å². The molecule has 1 aliphatic rings. The van der Waals surface area contributed by atoms with Crippen LogP contribution in [0.1, 0.15) is 35.6 Å². The first-order chi connectivity index (χ1) is 9.81. The molecule has 20 heavy (non-hydrogen) atoms. The van der Waals surface area contributed by atoms with Crippen LogP contribution in [0.2, 0.25) is 0 Å². The highest BCUT2D eigenvalue weighted by atomic mass is 15.1. The van der Waals surface area contributed by atoms with Gasteiger partial charge in [0.1, 0.15) is 0 Å². The predicted molar refractivity (Wildman–Crippen MR) is 82.7 cm³/mol. The van der Waals surface area contributed by atoms with Crippen molar-refractivity contribution in [1.82, 2.24) is 9.88 Å². The minimum atomic E-state index is 0.641. The lowest BCUT2D eigenvalue weighted by Gasteiger charge is -2.31. The van der Waals surface area contributed by atoms with Gasteiger partial charge in [0.25, 0.3) is 0 Å². The zero-order valence-electron chi connectivity index (χ0n) is 12.1. The average Bonchev–Trinajstić information content (AvgIpc) is 2.50. The number of hydrogen-bond donors (Lipinski definition) is 0. The fourth-order valence-electron chi connectivity index (χ4n) is 2.95. The highest BCUT2D eigenvalue weighted by molar-refractivity contribution is 5.17. The van der Waals surface area contributed by atoms with Gasteiger partial charge in [0.2, 0.25) is 0 Å². The SMILES string of the molecule is Cc1ccc(C2CCN(Cc3ccccc3)CC2)nc1. The molecule has 0 radical (unpaired) electrons. The summed E-state index contributed by atoms with van der Waals surface area (Å²) in [4.78, 5) is 7.15. The number of aromatic nitrogens is 1. The van der Waals surface area contributed by atoms with E-state index in [9.17, 15) is 0 Å². The monoisotopic (exact) mass is 266 g/mol. The third-order valence-electron chi connectivity index (χ3n) is 4.19. The minimum Gasteiger partial charge on any atom is -0.299 e. The van der Waals surface area contributed by atoms with Crippen molar-refractivity contribution in [3.63, 3.8) is 0 Å². The third-order valence-corrected chi connectivity index (χ3v) is 4.19. The molecule has 3 rings (SSSR count). The fourth-order valence-corrected chi connectivity index (χ4v) is 2.95. The second-order valence-corrected chi connectivity index (χ2v) is 5.80. The minimum absolute atomic E-state index is 0.641. The van der Waals surface area contributed by atoms with E-state index in [4.69, 9.17) is 0 Å². The smallest absolute Gasteiger partial charge is 0.0435 e. The number of piperidine rings is 1. The highest BCUT2D eigenvalue weighted by Gasteiger charge is 2.21. The van der Waals surface area contributed by atoms with Crippen molar-refractivity contribution in [2.45, 2.75) is 32.2 Å². The number of rotatable bonds is 3. The van der Waals surface area contributed by atoms with E-state index >= 15 is 0 Å². The molecule has 2 aromatic rings. The summed E-state index contributed by atoms with van der Waals surface area (Å²) in [7, 11) is 0. The Kier molecular flexibility index (Phi) is 4.12. The lowest BCUT2D eigenvalue weighted by atomic mass is 9.92. The van der Waals surface area contributed by atoms with E-state index in [2.05, 4.69) is 59.3 Å². The van der Waals surface area contributed by atoms with Crippen molar-refractivity contribution < 1.29 is 0 Å². The van der Waals surface area contributed by atoms with Crippen LogP contribution < -0.4 is 0 Å². The molecule has 0 unspecified atom stereocenters. The van der Waals surface area contributed by atoms with Crippen LogP contribution >= 0.6 is 0 Å². The van der Waals surface area contributed by atoms with Crippen LogP contribution in [0.25, 0.3) is 0 Å². The van der Waals surface area contributed by atoms with Crippen molar-refractivity contribution in [3.8, 4) is 0 Å². The van der Waals surface area contributed by atoms with Crippen LogP contribution in [-0.2, 0) is 6.54 Å². The van der Waals surface area contributed by atoms with Gasteiger partial charge >= 0.3 is 0 Å². The molecule has 1 aromatic carbocycles. The van der Waals surface area contributed by atoms with E-state index in [-0.39, 0.29) is 0 Å². The van der Waals surface area contributed by atoms with Crippen LogP contribution in [0, 0.1) is 6.92 Å². The molecule has 1 saturated heterocycles. The predicted octanol–water partition coefficient (Wildman–Crippen LogP) is 3.77. The number of aryl methyl sites for hydroxylation is 1. The van der Waals surface area contributed by atoms with Gasteiger partial charge in [-0.2, -0.15) is 0 Å². The summed E-state index contributed by atoms with van der Waals surface area (Å²) in [6.45, 7) is 5.53. The van der Waals surface area contributed by atoms with Crippen molar-refractivity contribution in [2.75, 3.05) is 13.1 Å². The number of nitrogens with zero attached hydrogens (tertiary/aromatic N) is 2. The third kappa shape index (κ3) is 3.26. The molecule has 104 valence electrons. The van der Waals surface area contributed by atoms with Gasteiger partial charge in [-0.3, -0.25) is 9.88 Å². The molecule has 0 N–H and O–H groups in total. The molecular formula is C18H22N2. The maximum Gasteiger partial charge on any atom is 0.0435 e.